The molecule has 16 heavy (non-hydrogen) atoms. The molecule has 1 atom stereocenters. The highest BCUT2D eigenvalue weighted by atomic mass is 35.5. The summed E-state index contributed by atoms with van der Waals surface area (Å²) in [4.78, 5) is 0. The van der Waals surface area contributed by atoms with Crippen molar-refractivity contribution >= 4 is 11.6 Å². The summed E-state index contributed by atoms with van der Waals surface area (Å²) in [5, 5.41) is 0.793. The molecule has 0 saturated carbocycles. The summed E-state index contributed by atoms with van der Waals surface area (Å²) in [7, 11) is 0. The molecule has 0 aliphatic heterocycles. The Bertz CT molecular complexity index is 302. The molecule has 0 heterocycles. The van der Waals surface area contributed by atoms with Crippen molar-refractivity contribution in [3.8, 4) is 0 Å². The van der Waals surface area contributed by atoms with E-state index in [2.05, 4.69) is 18.4 Å². The van der Waals surface area contributed by atoms with Crippen LogP contribution in [0.2, 0.25) is 5.02 Å². The van der Waals surface area contributed by atoms with Gasteiger partial charge in [0.25, 0.3) is 0 Å². The monoisotopic (exact) mass is 240 g/mol. The van der Waals surface area contributed by atoms with Crippen LogP contribution in [0.4, 0.5) is 0 Å². The SMILES string of the molecule is CCCCCC(Cc1cccc(Cl)c1)NN. The maximum Gasteiger partial charge on any atom is 0.0408 e. The molecule has 1 unspecified atom stereocenters. The van der Waals surface area contributed by atoms with Gasteiger partial charge >= 0.3 is 0 Å². The number of nitrogens with one attached hydrogen (secondary N) is 1. The van der Waals surface area contributed by atoms with Crippen LogP contribution in [0.15, 0.2) is 24.3 Å². The Balaban J connectivity index is 2.43. The van der Waals surface area contributed by atoms with Crippen LogP contribution in [0.5, 0.6) is 0 Å². The summed E-state index contributed by atoms with van der Waals surface area (Å²) in [6, 6.07) is 8.33. The largest absolute Gasteiger partial charge is 0.271 e. The molecule has 1 rings (SSSR count). The van der Waals surface area contributed by atoms with Gasteiger partial charge < -0.3 is 0 Å². The molecular formula is C13H21ClN2. The van der Waals surface area contributed by atoms with Crippen LogP contribution < -0.4 is 11.3 Å². The van der Waals surface area contributed by atoms with E-state index in [0.717, 1.165) is 17.9 Å². The lowest BCUT2D eigenvalue weighted by atomic mass is 10.0. The van der Waals surface area contributed by atoms with E-state index < -0.39 is 0 Å². The van der Waals surface area contributed by atoms with Gasteiger partial charge in [0, 0.05) is 11.1 Å². The van der Waals surface area contributed by atoms with Gasteiger partial charge in [-0.15, -0.1) is 0 Å². The zero-order chi connectivity index (χ0) is 11.8. The Hall–Kier alpha value is -0.570. The van der Waals surface area contributed by atoms with Gasteiger partial charge in [0.1, 0.15) is 0 Å². The first kappa shape index (κ1) is 13.5. The fraction of sp³-hybridized carbons (Fsp3) is 0.538. The molecule has 0 amide bonds. The van der Waals surface area contributed by atoms with E-state index in [4.69, 9.17) is 17.4 Å². The molecule has 0 aliphatic carbocycles. The maximum absolute atomic E-state index is 5.95. The van der Waals surface area contributed by atoms with Crippen molar-refractivity contribution in [3.63, 3.8) is 0 Å². The average molecular weight is 241 g/mol. The maximum atomic E-state index is 5.95. The van der Waals surface area contributed by atoms with Gasteiger partial charge in [0.05, 0.1) is 0 Å². The molecule has 3 heteroatoms. The molecule has 3 N–H and O–H groups in total. The second-order valence-electron chi connectivity index (χ2n) is 4.19. The molecular weight excluding hydrogens is 220 g/mol. The predicted molar refractivity (Wildman–Crippen MR) is 70.4 cm³/mol. The number of nitrogens with two attached hydrogens (primary N) is 1. The molecule has 0 spiro atoms. The summed E-state index contributed by atoms with van der Waals surface area (Å²) in [6.07, 6.45) is 5.81. The standard InChI is InChI=1S/C13H21ClN2/c1-2-3-4-8-13(16-15)10-11-6-5-7-12(14)9-11/h5-7,9,13,16H,2-4,8,10,15H2,1H3. The Labute approximate surface area is 103 Å². The highest BCUT2D eigenvalue weighted by Crippen LogP contribution is 2.14. The number of benzene rings is 1. The summed E-state index contributed by atoms with van der Waals surface area (Å²) >= 11 is 5.95. The van der Waals surface area contributed by atoms with Crippen molar-refractivity contribution in [2.45, 2.75) is 45.1 Å². The lowest BCUT2D eigenvalue weighted by Crippen LogP contribution is -2.36. The molecule has 0 radical (unpaired) electrons. The molecule has 0 saturated heterocycles. The summed E-state index contributed by atoms with van der Waals surface area (Å²) < 4.78 is 0. The number of rotatable bonds is 7. The van der Waals surface area contributed by atoms with Gasteiger partial charge in [0.2, 0.25) is 0 Å². The topological polar surface area (TPSA) is 38.0 Å². The van der Waals surface area contributed by atoms with Crippen molar-refractivity contribution in [2.75, 3.05) is 0 Å². The number of hydrazine groups is 1. The van der Waals surface area contributed by atoms with Crippen molar-refractivity contribution in [3.05, 3.63) is 34.9 Å². The molecule has 2 nitrogen and oxygen atoms in total. The normalized spacial score (nSPS) is 12.7. The Morgan fingerprint density at radius 1 is 1.38 bits per heavy atom. The zero-order valence-electron chi connectivity index (χ0n) is 9.88. The smallest absolute Gasteiger partial charge is 0.0408 e. The highest BCUT2D eigenvalue weighted by Gasteiger charge is 2.07. The van der Waals surface area contributed by atoms with Crippen LogP contribution in [-0.4, -0.2) is 6.04 Å². The second kappa shape index (κ2) is 7.66. The zero-order valence-corrected chi connectivity index (χ0v) is 10.6. The molecule has 0 bridgehead atoms. The third-order valence-electron chi connectivity index (χ3n) is 2.76. The first-order chi connectivity index (χ1) is 7.76. The number of hydrogen-bond donors (Lipinski definition) is 2. The van der Waals surface area contributed by atoms with Gasteiger partial charge in [-0.25, -0.2) is 0 Å². The predicted octanol–water partition coefficient (Wildman–Crippen LogP) is 3.29. The van der Waals surface area contributed by atoms with Gasteiger partial charge in [0.15, 0.2) is 0 Å². The molecule has 0 fully saturated rings. The van der Waals surface area contributed by atoms with E-state index in [1.165, 1.54) is 24.8 Å². The number of hydrogen-bond acceptors (Lipinski definition) is 2. The quantitative estimate of drug-likeness (QED) is 0.436. The van der Waals surface area contributed by atoms with Gasteiger partial charge in [-0.3, -0.25) is 11.3 Å². The van der Waals surface area contributed by atoms with E-state index in [0.29, 0.717) is 6.04 Å². The number of unbranched alkanes of at least 4 members (excludes halogenated alkanes) is 2. The lowest BCUT2D eigenvalue weighted by Gasteiger charge is -2.15. The van der Waals surface area contributed by atoms with E-state index >= 15 is 0 Å². The minimum absolute atomic E-state index is 0.352. The van der Waals surface area contributed by atoms with Crippen LogP contribution in [-0.2, 0) is 6.42 Å². The van der Waals surface area contributed by atoms with Crippen molar-refractivity contribution in [2.24, 2.45) is 5.84 Å². The van der Waals surface area contributed by atoms with Crippen molar-refractivity contribution in [1.29, 1.82) is 0 Å². The van der Waals surface area contributed by atoms with Crippen LogP contribution in [0.25, 0.3) is 0 Å². The molecule has 1 aromatic carbocycles. The lowest BCUT2D eigenvalue weighted by molar-refractivity contribution is 0.467. The summed E-state index contributed by atoms with van der Waals surface area (Å²) in [6.45, 7) is 2.21. The van der Waals surface area contributed by atoms with Crippen LogP contribution in [0.1, 0.15) is 38.2 Å². The third-order valence-corrected chi connectivity index (χ3v) is 3.00. The van der Waals surface area contributed by atoms with Gasteiger partial charge in [-0.2, -0.15) is 0 Å². The summed E-state index contributed by atoms with van der Waals surface area (Å²) in [5.41, 5.74) is 4.13. The molecule has 90 valence electrons. The van der Waals surface area contributed by atoms with Crippen LogP contribution in [0.3, 0.4) is 0 Å². The van der Waals surface area contributed by atoms with E-state index in [9.17, 15) is 0 Å². The first-order valence-electron chi connectivity index (χ1n) is 5.96. The van der Waals surface area contributed by atoms with E-state index in [1.807, 2.05) is 18.2 Å². The van der Waals surface area contributed by atoms with E-state index in [-0.39, 0.29) is 0 Å². The van der Waals surface area contributed by atoms with Gasteiger partial charge in [-0.05, 0) is 30.5 Å². The third kappa shape index (κ3) is 4.97. The minimum Gasteiger partial charge on any atom is -0.271 e. The molecule has 0 aromatic heterocycles. The van der Waals surface area contributed by atoms with Crippen LogP contribution >= 0.6 is 11.6 Å². The molecule has 0 aliphatic rings. The summed E-state index contributed by atoms with van der Waals surface area (Å²) in [5.74, 6) is 5.56. The first-order valence-corrected chi connectivity index (χ1v) is 6.34. The number of halogens is 1. The fourth-order valence-electron chi connectivity index (χ4n) is 1.83. The molecule has 1 aromatic rings. The van der Waals surface area contributed by atoms with E-state index in [1.54, 1.807) is 0 Å². The Morgan fingerprint density at radius 2 is 2.19 bits per heavy atom. The Morgan fingerprint density at radius 3 is 2.81 bits per heavy atom. The second-order valence-corrected chi connectivity index (χ2v) is 4.63. The fourth-order valence-corrected chi connectivity index (χ4v) is 2.05. The van der Waals surface area contributed by atoms with Crippen LogP contribution in [0, 0.1) is 0 Å². The van der Waals surface area contributed by atoms with Crippen molar-refractivity contribution < 1.29 is 0 Å². The van der Waals surface area contributed by atoms with Crippen molar-refractivity contribution in [1.82, 2.24) is 5.43 Å². The Kier molecular flexibility index (Phi) is 6.46. The van der Waals surface area contributed by atoms with Gasteiger partial charge in [-0.1, -0.05) is 49.9 Å². The average Bonchev–Trinajstić information content (AvgIpc) is 2.28. The minimum atomic E-state index is 0.352. The highest BCUT2D eigenvalue weighted by molar-refractivity contribution is 6.30.